The molecule has 1 N–H and O–H groups in total. The molecule has 0 aliphatic rings. The van der Waals surface area contributed by atoms with Crippen molar-refractivity contribution in [2.45, 2.75) is 6.92 Å². The Labute approximate surface area is 96.0 Å². The Morgan fingerprint density at radius 3 is 2.53 bits per heavy atom. The van der Waals surface area contributed by atoms with Gasteiger partial charge in [0.1, 0.15) is 4.60 Å². The van der Waals surface area contributed by atoms with E-state index in [4.69, 9.17) is 5.41 Å². The minimum atomic E-state index is 0.394. The first-order chi connectivity index (χ1) is 7.16. The van der Waals surface area contributed by atoms with E-state index in [2.05, 4.69) is 21.0 Å². The van der Waals surface area contributed by atoms with E-state index >= 15 is 0 Å². The zero-order chi connectivity index (χ0) is 10.8. The molecule has 0 unspecified atom stereocenters. The van der Waals surface area contributed by atoms with Crippen LogP contribution in [0.3, 0.4) is 0 Å². The molecular weight excluding hydrogens is 254 g/mol. The van der Waals surface area contributed by atoms with Crippen LogP contribution in [0, 0.1) is 12.3 Å². The highest BCUT2D eigenvalue weighted by molar-refractivity contribution is 9.10. The molecule has 1 aromatic carbocycles. The maximum absolute atomic E-state index is 7.42. The van der Waals surface area contributed by atoms with Crippen LogP contribution in [0.25, 0.3) is 5.69 Å². The first-order valence-corrected chi connectivity index (χ1v) is 5.32. The molecule has 76 valence electrons. The number of hydrogen-bond donors (Lipinski definition) is 1. The topological polar surface area (TPSA) is 41.7 Å². The van der Waals surface area contributed by atoms with E-state index in [9.17, 15) is 0 Å². The maximum Gasteiger partial charge on any atom is 0.110 e. The highest BCUT2D eigenvalue weighted by atomic mass is 79.9. The van der Waals surface area contributed by atoms with Gasteiger partial charge < -0.3 is 0 Å². The van der Waals surface area contributed by atoms with Crippen LogP contribution in [-0.2, 0) is 0 Å². The largest absolute Gasteiger partial charge is 0.299 e. The average molecular weight is 264 g/mol. The summed E-state index contributed by atoms with van der Waals surface area (Å²) in [5.41, 5.74) is 2.19. The molecule has 3 nitrogen and oxygen atoms in total. The zero-order valence-electron chi connectivity index (χ0n) is 8.24. The van der Waals surface area contributed by atoms with Crippen LogP contribution in [0.5, 0.6) is 0 Å². The number of aryl methyl sites for hydroxylation is 1. The summed E-state index contributed by atoms with van der Waals surface area (Å²) in [6.45, 7) is 2.05. The normalized spacial score (nSPS) is 10.3. The molecule has 4 heteroatoms. The highest BCUT2D eigenvalue weighted by Gasteiger charge is 2.00. The Kier molecular flexibility index (Phi) is 2.68. The molecule has 0 radical (unpaired) electrons. The summed E-state index contributed by atoms with van der Waals surface area (Å²) in [6.07, 6.45) is 1.52. The third kappa shape index (κ3) is 2.15. The standard InChI is InChI=1S/C11H10BrN3/c1-8-2-4-10(5-3-8)15-11(12)6-9(13)7-14-15/h2-7,13H,1H3. The Morgan fingerprint density at radius 2 is 1.93 bits per heavy atom. The van der Waals surface area contributed by atoms with Gasteiger partial charge in [-0.2, -0.15) is 5.10 Å². The predicted molar refractivity (Wildman–Crippen MR) is 61.9 cm³/mol. The van der Waals surface area contributed by atoms with Crippen molar-refractivity contribution in [3.05, 3.63) is 52.1 Å². The third-order valence-electron chi connectivity index (χ3n) is 2.07. The second kappa shape index (κ2) is 3.98. The molecule has 0 atom stereocenters. The predicted octanol–water partition coefficient (Wildman–Crippen LogP) is 2.42. The number of aromatic nitrogens is 2. The fraction of sp³-hybridized carbons (Fsp3) is 0.0909. The van der Waals surface area contributed by atoms with Crippen molar-refractivity contribution >= 4 is 15.9 Å². The molecule has 0 aliphatic heterocycles. The lowest BCUT2D eigenvalue weighted by Crippen LogP contribution is -2.09. The number of benzene rings is 1. The minimum absolute atomic E-state index is 0.394. The van der Waals surface area contributed by atoms with Gasteiger partial charge in [0.2, 0.25) is 0 Å². The summed E-state index contributed by atoms with van der Waals surface area (Å²) < 4.78 is 2.52. The van der Waals surface area contributed by atoms with E-state index in [1.165, 1.54) is 11.8 Å². The van der Waals surface area contributed by atoms with E-state index in [0.717, 1.165) is 10.3 Å². The Hall–Kier alpha value is -1.42. The summed E-state index contributed by atoms with van der Waals surface area (Å²) in [4.78, 5) is 0. The van der Waals surface area contributed by atoms with Crippen LogP contribution in [0.15, 0.2) is 41.1 Å². The molecule has 0 bridgehead atoms. The lowest BCUT2D eigenvalue weighted by molar-refractivity contribution is 0.806. The summed E-state index contributed by atoms with van der Waals surface area (Å²) in [7, 11) is 0. The summed E-state index contributed by atoms with van der Waals surface area (Å²) in [5, 5.41) is 12.0. The third-order valence-corrected chi connectivity index (χ3v) is 2.63. The van der Waals surface area contributed by atoms with Gasteiger partial charge in [-0.1, -0.05) is 17.7 Å². The number of rotatable bonds is 1. The number of nitrogens with one attached hydrogen (secondary N) is 1. The molecule has 0 fully saturated rings. The molecule has 0 aliphatic carbocycles. The second-order valence-electron chi connectivity index (χ2n) is 3.31. The molecule has 0 saturated carbocycles. The number of hydrogen-bond acceptors (Lipinski definition) is 2. The smallest absolute Gasteiger partial charge is 0.110 e. The van der Waals surface area contributed by atoms with Crippen molar-refractivity contribution in [2.75, 3.05) is 0 Å². The van der Waals surface area contributed by atoms with Gasteiger partial charge in [0.05, 0.1) is 17.2 Å². The SMILES string of the molecule is Cc1ccc(-n2ncc(=N)cc2Br)cc1. The van der Waals surface area contributed by atoms with Gasteiger partial charge in [-0.05, 0) is 41.1 Å². The van der Waals surface area contributed by atoms with Gasteiger partial charge in [0, 0.05) is 0 Å². The fourth-order valence-corrected chi connectivity index (χ4v) is 1.82. The lowest BCUT2D eigenvalue weighted by atomic mass is 10.2. The molecule has 1 heterocycles. The van der Waals surface area contributed by atoms with Crippen LogP contribution in [0.4, 0.5) is 0 Å². The minimum Gasteiger partial charge on any atom is -0.299 e. The number of halogens is 1. The van der Waals surface area contributed by atoms with Crippen molar-refractivity contribution in [3.63, 3.8) is 0 Å². The summed E-state index contributed by atoms with van der Waals surface area (Å²) in [5.74, 6) is 0. The van der Waals surface area contributed by atoms with Crippen molar-refractivity contribution in [1.29, 1.82) is 5.41 Å². The summed E-state index contributed by atoms with van der Waals surface area (Å²) in [6, 6.07) is 9.77. The molecule has 0 amide bonds. The van der Waals surface area contributed by atoms with Crippen LogP contribution in [0.2, 0.25) is 0 Å². The van der Waals surface area contributed by atoms with Crippen molar-refractivity contribution < 1.29 is 0 Å². The molecule has 0 spiro atoms. The molecular formula is C11H10BrN3. The van der Waals surface area contributed by atoms with Gasteiger partial charge in [0.15, 0.2) is 0 Å². The van der Waals surface area contributed by atoms with E-state index < -0.39 is 0 Å². The van der Waals surface area contributed by atoms with Gasteiger partial charge in [0.25, 0.3) is 0 Å². The van der Waals surface area contributed by atoms with E-state index in [0.29, 0.717) is 5.36 Å². The first-order valence-electron chi connectivity index (χ1n) is 4.53. The van der Waals surface area contributed by atoms with Crippen LogP contribution in [-0.4, -0.2) is 9.78 Å². The van der Waals surface area contributed by atoms with Gasteiger partial charge in [-0.3, -0.25) is 5.41 Å². The van der Waals surface area contributed by atoms with Crippen LogP contribution in [0.1, 0.15) is 5.56 Å². The highest BCUT2D eigenvalue weighted by Crippen LogP contribution is 2.13. The van der Waals surface area contributed by atoms with Gasteiger partial charge >= 0.3 is 0 Å². The Bertz CT molecular complexity index is 528. The van der Waals surface area contributed by atoms with E-state index in [1.54, 1.807) is 10.7 Å². The van der Waals surface area contributed by atoms with Crippen molar-refractivity contribution in [3.8, 4) is 5.69 Å². The molecule has 2 aromatic rings. The monoisotopic (exact) mass is 263 g/mol. The molecule has 0 saturated heterocycles. The Morgan fingerprint density at radius 1 is 1.27 bits per heavy atom. The first kappa shape index (κ1) is 10.1. The van der Waals surface area contributed by atoms with Crippen LogP contribution < -0.4 is 5.36 Å². The molecule has 15 heavy (non-hydrogen) atoms. The maximum atomic E-state index is 7.42. The fourth-order valence-electron chi connectivity index (χ4n) is 1.28. The van der Waals surface area contributed by atoms with Crippen molar-refractivity contribution in [1.82, 2.24) is 9.78 Å². The van der Waals surface area contributed by atoms with Gasteiger partial charge in [-0.15, -0.1) is 0 Å². The van der Waals surface area contributed by atoms with E-state index in [-0.39, 0.29) is 0 Å². The Balaban J connectivity index is 2.54. The van der Waals surface area contributed by atoms with Crippen LogP contribution >= 0.6 is 15.9 Å². The molecule has 1 aromatic heterocycles. The zero-order valence-corrected chi connectivity index (χ0v) is 9.82. The summed E-state index contributed by atoms with van der Waals surface area (Å²) >= 11 is 3.38. The molecule has 2 rings (SSSR count). The van der Waals surface area contributed by atoms with Gasteiger partial charge in [-0.25, -0.2) is 4.68 Å². The lowest BCUT2D eigenvalue weighted by Gasteiger charge is -2.07. The quantitative estimate of drug-likeness (QED) is 0.844. The van der Waals surface area contributed by atoms with E-state index in [1.807, 2.05) is 31.2 Å². The second-order valence-corrected chi connectivity index (χ2v) is 4.13. The van der Waals surface area contributed by atoms with Crippen molar-refractivity contribution in [2.24, 2.45) is 0 Å². The average Bonchev–Trinajstić information content (AvgIpc) is 2.20. The number of nitrogens with zero attached hydrogens (tertiary/aromatic N) is 2.